The number of carbonyl (C=O) groups excluding carboxylic acids is 1. The number of quaternary nitrogens is 1. The summed E-state index contributed by atoms with van der Waals surface area (Å²) in [6.45, 7) is 4.38. The Balaban J connectivity index is 4.39. The zero-order valence-electron chi connectivity index (χ0n) is 13.9. The smallest absolute Gasteiger partial charge is 0.183 e. The molecule has 0 aromatic carbocycles. The molecule has 0 aromatic rings. The van der Waals surface area contributed by atoms with Crippen molar-refractivity contribution in [2.24, 2.45) is 0 Å². The van der Waals surface area contributed by atoms with E-state index in [-0.39, 0.29) is 37.5 Å². The van der Waals surface area contributed by atoms with Gasteiger partial charge in [0, 0.05) is 0 Å². The van der Waals surface area contributed by atoms with Crippen LogP contribution in [0.4, 0.5) is 0 Å². The van der Waals surface area contributed by atoms with Gasteiger partial charge < -0.3 is 24.9 Å². The van der Waals surface area contributed by atoms with Crippen LogP contribution in [-0.4, -0.2) is 66.3 Å². The van der Waals surface area contributed by atoms with Crippen molar-refractivity contribution in [2.75, 3.05) is 39.6 Å². The van der Waals surface area contributed by atoms with E-state index in [2.05, 4.69) is 19.1 Å². The highest BCUT2D eigenvalue weighted by molar-refractivity contribution is 5.69. The van der Waals surface area contributed by atoms with Crippen molar-refractivity contribution in [3.63, 3.8) is 0 Å². The Morgan fingerprint density at radius 1 is 1.23 bits per heavy atom. The number of allylic oxidation sites excluding steroid dienone is 1. The molecular formula is C16H31NO5. The Hall–Kier alpha value is -0.950. The number of aliphatic carboxylic acids is 1. The van der Waals surface area contributed by atoms with Crippen LogP contribution in [0.25, 0.3) is 0 Å². The lowest BCUT2D eigenvalue weighted by atomic mass is 10.2. The summed E-state index contributed by atoms with van der Waals surface area (Å²) >= 11 is 0. The van der Waals surface area contributed by atoms with Gasteiger partial charge >= 0.3 is 0 Å². The van der Waals surface area contributed by atoms with Crippen molar-refractivity contribution in [1.82, 2.24) is 0 Å². The van der Waals surface area contributed by atoms with E-state index in [0.29, 0.717) is 6.61 Å². The highest BCUT2D eigenvalue weighted by atomic mass is 16.5. The second-order valence-corrected chi connectivity index (χ2v) is 5.55. The normalized spacial score (nSPS) is 13.6. The Morgan fingerprint density at radius 2 is 1.82 bits per heavy atom. The second kappa shape index (κ2) is 12.6. The van der Waals surface area contributed by atoms with Gasteiger partial charge in [-0.25, -0.2) is 0 Å². The van der Waals surface area contributed by atoms with Gasteiger partial charge in [-0.1, -0.05) is 31.9 Å². The molecule has 130 valence electrons. The Bertz CT molecular complexity index is 314. The average molecular weight is 317 g/mol. The molecule has 1 unspecified atom stereocenters. The minimum atomic E-state index is -1.20. The fourth-order valence-corrected chi connectivity index (χ4v) is 2.32. The predicted octanol–water partition coefficient (Wildman–Crippen LogP) is 0.0368. The number of carbonyl (C=O) groups is 1. The zero-order chi connectivity index (χ0) is 16.8. The molecule has 0 radical (unpaired) electrons. The maximum atomic E-state index is 11.2. The number of unbranched alkanes of at least 4 members (excludes halogenated alkanes) is 2. The summed E-state index contributed by atoms with van der Waals surface area (Å²) in [5, 5.41) is 29.6. The number of hydrogen-bond acceptors (Lipinski definition) is 5. The lowest BCUT2D eigenvalue weighted by molar-refractivity contribution is -0.960. The second-order valence-electron chi connectivity index (χ2n) is 5.55. The van der Waals surface area contributed by atoms with Gasteiger partial charge in [-0.05, 0) is 19.8 Å². The fourth-order valence-electron chi connectivity index (χ4n) is 2.32. The van der Waals surface area contributed by atoms with Gasteiger partial charge in [0.15, 0.2) is 6.73 Å². The molecule has 6 heteroatoms. The molecule has 0 rings (SSSR count). The summed E-state index contributed by atoms with van der Waals surface area (Å²) in [6.07, 6.45) is 8.36. The summed E-state index contributed by atoms with van der Waals surface area (Å²) in [4.78, 5) is 11.2. The third kappa shape index (κ3) is 7.89. The minimum absolute atomic E-state index is 0.0329. The highest BCUT2D eigenvalue weighted by Crippen LogP contribution is 2.14. The molecule has 0 saturated carbocycles. The van der Waals surface area contributed by atoms with Gasteiger partial charge in [-0.3, -0.25) is 4.48 Å². The molecule has 0 amide bonds. The van der Waals surface area contributed by atoms with Gasteiger partial charge in [0.25, 0.3) is 0 Å². The topological polar surface area (TPSA) is 89.8 Å². The molecule has 0 aliphatic carbocycles. The fraction of sp³-hybridized carbons (Fsp3) is 0.812. The van der Waals surface area contributed by atoms with Crippen LogP contribution in [0.3, 0.4) is 0 Å². The lowest BCUT2D eigenvalue weighted by Gasteiger charge is -2.42. The molecule has 0 fully saturated rings. The van der Waals surface area contributed by atoms with Crippen molar-refractivity contribution < 1.29 is 29.3 Å². The Morgan fingerprint density at radius 3 is 2.32 bits per heavy atom. The van der Waals surface area contributed by atoms with Crippen molar-refractivity contribution in [2.45, 2.75) is 45.6 Å². The summed E-state index contributed by atoms with van der Waals surface area (Å²) < 4.78 is 5.56. The third-order valence-corrected chi connectivity index (χ3v) is 3.92. The molecule has 0 spiro atoms. The first kappa shape index (κ1) is 21.0. The maximum Gasteiger partial charge on any atom is 0.183 e. The number of hydrogen-bond donors (Lipinski definition) is 2. The zero-order valence-corrected chi connectivity index (χ0v) is 13.9. The molecule has 0 aromatic heterocycles. The number of carboxylic acids is 1. The highest BCUT2D eigenvalue weighted by Gasteiger charge is 2.34. The number of rotatable bonds is 14. The van der Waals surface area contributed by atoms with Crippen LogP contribution >= 0.6 is 0 Å². The monoisotopic (exact) mass is 317 g/mol. The summed E-state index contributed by atoms with van der Waals surface area (Å²) in [6, 6.07) is -0.848. The number of nitrogens with zero attached hydrogens (tertiary/aromatic N) is 1. The van der Waals surface area contributed by atoms with Crippen LogP contribution < -0.4 is 5.11 Å². The average Bonchev–Trinajstić information content (AvgIpc) is 2.49. The van der Waals surface area contributed by atoms with Gasteiger partial charge in [-0.15, -0.1) is 0 Å². The van der Waals surface area contributed by atoms with E-state index in [0.717, 1.165) is 12.8 Å². The van der Waals surface area contributed by atoms with Crippen LogP contribution in [0, 0.1) is 0 Å². The van der Waals surface area contributed by atoms with Crippen LogP contribution in [0.15, 0.2) is 12.2 Å². The molecule has 0 aliphatic heterocycles. The summed E-state index contributed by atoms with van der Waals surface area (Å²) in [5.41, 5.74) is 0. The Kier molecular flexibility index (Phi) is 12.0. The molecule has 0 bridgehead atoms. The van der Waals surface area contributed by atoms with Gasteiger partial charge in [0.2, 0.25) is 0 Å². The van der Waals surface area contributed by atoms with Gasteiger partial charge in [0.05, 0.1) is 25.8 Å². The molecule has 6 nitrogen and oxygen atoms in total. The quantitative estimate of drug-likeness (QED) is 0.204. The van der Waals surface area contributed by atoms with Gasteiger partial charge in [-0.2, -0.15) is 0 Å². The molecule has 2 N–H and O–H groups in total. The van der Waals surface area contributed by atoms with E-state index in [9.17, 15) is 20.1 Å². The number of ether oxygens (including phenoxy) is 1. The first-order valence-corrected chi connectivity index (χ1v) is 8.05. The van der Waals surface area contributed by atoms with Crippen molar-refractivity contribution >= 4 is 5.97 Å². The van der Waals surface area contributed by atoms with Gasteiger partial charge in [0.1, 0.15) is 19.1 Å². The van der Waals surface area contributed by atoms with E-state index >= 15 is 0 Å². The molecule has 0 heterocycles. The van der Waals surface area contributed by atoms with Crippen molar-refractivity contribution in [3.8, 4) is 0 Å². The number of aliphatic hydroxyl groups excluding tert-OH is 2. The van der Waals surface area contributed by atoms with Crippen LogP contribution in [0.1, 0.15) is 39.5 Å². The largest absolute Gasteiger partial charge is 0.544 e. The van der Waals surface area contributed by atoms with E-state index in [4.69, 9.17) is 4.74 Å². The summed E-state index contributed by atoms with van der Waals surface area (Å²) in [5.74, 6) is -1.20. The Labute approximate surface area is 133 Å². The SMILES string of the molecule is CCCC/C=C/CCOC[N+](CCO)(CCO)C(C)C(=O)[O-]. The van der Waals surface area contributed by atoms with E-state index in [1.165, 1.54) is 19.8 Å². The molecule has 22 heavy (non-hydrogen) atoms. The van der Waals surface area contributed by atoms with Crippen LogP contribution in [-0.2, 0) is 9.53 Å². The molecule has 0 aliphatic rings. The van der Waals surface area contributed by atoms with E-state index in [1.54, 1.807) is 0 Å². The van der Waals surface area contributed by atoms with Crippen molar-refractivity contribution in [3.05, 3.63) is 12.2 Å². The van der Waals surface area contributed by atoms with Crippen molar-refractivity contribution in [1.29, 1.82) is 0 Å². The van der Waals surface area contributed by atoms with Crippen LogP contribution in [0.2, 0.25) is 0 Å². The first-order chi connectivity index (χ1) is 10.5. The van der Waals surface area contributed by atoms with E-state index < -0.39 is 12.0 Å². The number of aliphatic hydroxyl groups is 2. The molecular weight excluding hydrogens is 286 g/mol. The minimum Gasteiger partial charge on any atom is -0.544 e. The third-order valence-electron chi connectivity index (χ3n) is 3.92. The van der Waals surface area contributed by atoms with Crippen LogP contribution in [0.5, 0.6) is 0 Å². The number of carboxylic acid groups (broad SMARTS) is 1. The summed E-state index contributed by atoms with van der Waals surface area (Å²) in [7, 11) is 0. The maximum absolute atomic E-state index is 11.2. The first-order valence-electron chi connectivity index (χ1n) is 8.05. The molecule has 1 atom stereocenters. The predicted molar refractivity (Wildman–Crippen MR) is 82.7 cm³/mol. The lowest BCUT2D eigenvalue weighted by Crippen LogP contribution is -2.63. The molecule has 0 saturated heterocycles. The van der Waals surface area contributed by atoms with E-state index in [1.807, 2.05) is 0 Å². The standard InChI is InChI=1S/C16H31NO5/c1-3-4-5-6-7-8-13-22-14-17(9-11-18,10-12-19)15(2)16(20)21/h6-7,15,18-19H,3-5,8-14H2,1-2H3/b7-6+.